The highest BCUT2D eigenvalue weighted by atomic mass is 79.9. The number of pyridine rings is 1. The van der Waals surface area contributed by atoms with Gasteiger partial charge in [0.15, 0.2) is 0 Å². The van der Waals surface area contributed by atoms with E-state index in [0.717, 1.165) is 23.1 Å². The summed E-state index contributed by atoms with van der Waals surface area (Å²) in [6, 6.07) is 1.95. The summed E-state index contributed by atoms with van der Waals surface area (Å²) in [7, 11) is 0. The summed E-state index contributed by atoms with van der Waals surface area (Å²) in [5, 5.41) is 3.15. The van der Waals surface area contributed by atoms with E-state index in [1.54, 1.807) is 6.20 Å². The Morgan fingerprint density at radius 2 is 2.38 bits per heavy atom. The molecule has 1 aliphatic heterocycles. The second-order valence-corrected chi connectivity index (χ2v) is 3.94. The van der Waals surface area contributed by atoms with Gasteiger partial charge in [-0.15, -0.1) is 0 Å². The molecule has 0 atom stereocenters. The monoisotopic (exact) mass is 242 g/mol. The zero-order chi connectivity index (χ0) is 9.26. The van der Waals surface area contributed by atoms with Crippen LogP contribution in [-0.4, -0.2) is 24.2 Å². The lowest BCUT2D eigenvalue weighted by Gasteiger charge is -2.27. The van der Waals surface area contributed by atoms with Gasteiger partial charge in [0.2, 0.25) is 5.88 Å². The molecule has 1 N–H and O–H groups in total. The summed E-state index contributed by atoms with van der Waals surface area (Å²) < 4.78 is 6.60. The fraction of sp³-hybridized carbons (Fsp3) is 0.444. The van der Waals surface area contributed by atoms with E-state index in [9.17, 15) is 0 Å². The van der Waals surface area contributed by atoms with Gasteiger partial charge in [-0.3, -0.25) is 0 Å². The van der Waals surface area contributed by atoms with Crippen LogP contribution in [0.2, 0.25) is 0 Å². The Kier molecular flexibility index (Phi) is 2.51. The molecule has 4 heteroatoms. The molecule has 1 aromatic rings. The number of hydrogen-bond acceptors (Lipinski definition) is 3. The quantitative estimate of drug-likeness (QED) is 0.854. The maximum Gasteiger partial charge on any atom is 0.228 e. The third-order valence-electron chi connectivity index (χ3n) is 2.07. The average molecular weight is 243 g/mol. The van der Waals surface area contributed by atoms with Crippen LogP contribution in [0.1, 0.15) is 5.56 Å². The molecule has 0 unspecified atom stereocenters. The number of aryl methyl sites for hydroxylation is 1. The van der Waals surface area contributed by atoms with E-state index < -0.39 is 0 Å². The zero-order valence-electron chi connectivity index (χ0n) is 7.38. The normalized spacial score (nSPS) is 16.8. The molecule has 13 heavy (non-hydrogen) atoms. The minimum absolute atomic E-state index is 0.283. The molecule has 3 nitrogen and oxygen atoms in total. The maximum absolute atomic E-state index is 5.64. The van der Waals surface area contributed by atoms with Crippen LogP contribution in [0.5, 0.6) is 5.88 Å². The highest BCUT2D eigenvalue weighted by Gasteiger charge is 2.20. The van der Waals surface area contributed by atoms with E-state index in [1.807, 2.05) is 13.0 Å². The van der Waals surface area contributed by atoms with Gasteiger partial charge in [0.1, 0.15) is 6.10 Å². The van der Waals surface area contributed by atoms with Crippen molar-refractivity contribution < 1.29 is 4.74 Å². The van der Waals surface area contributed by atoms with Gasteiger partial charge in [-0.1, -0.05) is 0 Å². The summed E-state index contributed by atoms with van der Waals surface area (Å²) >= 11 is 3.45. The van der Waals surface area contributed by atoms with Crippen molar-refractivity contribution in [2.45, 2.75) is 13.0 Å². The van der Waals surface area contributed by atoms with Crippen molar-refractivity contribution in [3.8, 4) is 5.88 Å². The average Bonchev–Trinajstić information content (AvgIpc) is 2.04. The standard InChI is InChI=1S/C9H11BrN2O/c1-6-2-3-12-9(8(6)10)13-7-4-11-5-7/h2-3,7,11H,4-5H2,1H3. The van der Waals surface area contributed by atoms with Crippen molar-refractivity contribution in [2.75, 3.05) is 13.1 Å². The van der Waals surface area contributed by atoms with Gasteiger partial charge >= 0.3 is 0 Å². The summed E-state index contributed by atoms with van der Waals surface area (Å²) in [5.41, 5.74) is 1.15. The Bertz CT molecular complexity index is 312. The molecule has 2 rings (SSSR count). The first-order valence-corrected chi connectivity index (χ1v) is 5.05. The predicted octanol–water partition coefficient (Wildman–Crippen LogP) is 1.50. The van der Waals surface area contributed by atoms with Crippen LogP contribution >= 0.6 is 15.9 Å². The van der Waals surface area contributed by atoms with Gasteiger partial charge in [-0.25, -0.2) is 4.98 Å². The third kappa shape index (κ3) is 1.84. The maximum atomic E-state index is 5.64. The van der Waals surface area contributed by atoms with Gasteiger partial charge in [-0.05, 0) is 34.5 Å². The van der Waals surface area contributed by atoms with Crippen LogP contribution in [0.3, 0.4) is 0 Å². The number of aromatic nitrogens is 1. The van der Waals surface area contributed by atoms with E-state index in [2.05, 4.69) is 26.2 Å². The smallest absolute Gasteiger partial charge is 0.228 e. The van der Waals surface area contributed by atoms with Gasteiger partial charge in [0, 0.05) is 19.3 Å². The molecule has 2 heterocycles. The van der Waals surface area contributed by atoms with E-state index >= 15 is 0 Å². The Morgan fingerprint density at radius 1 is 1.62 bits per heavy atom. The van der Waals surface area contributed by atoms with E-state index in [-0.39, 0.29) is 6.10 Å². The lowest BCUT2D eigenvalue weighted by molar-refractivity contribution is 0.135. The lowest BCUT2D eigenvalue weighted by atomic mass is 10.2. The summed E-state index contributed by atoms with van der Waals surface area (Å²) in [6.45, 7) is 3.86. The van der Waals surface area contributed by atoms with Crippen LogP contribution in [0.4, 0.5) is 0 Å². The minimum atomic E-state index is 0.283. The first kappa shape index (κ1) is 8.97. The van der Waals surface area contributed by atoms with Crippen LogP contribution in [0, 0.1) is 6.92 Å². The molecule has 0 bridgehead atoms. The van der Waals surface area contributed by atoms with Crippen molar-refractivity contribution in [1.29, 1.82) is 0 Å². The molecule has 70 valence electrons. The molecule has 0 radical (unpaired) electrons. The van der Waals surface area contributed by atoms with Crippen LogP contribution < -0.4 is 10.1 Å². The van der Waals surface area contributed by atoms with E-state index in [4.69, 9.17) is 4.74 Å². The topological polar surface area (TPSA) is 34.1 Å². The SMILES string of the molecule is Cc1ccnc(OC2CNC2)c1Br. The summed E-state index contributed by atoms with van der Waals surface area (Å²) in [6.07, 6.45) is 2.05. The number of nitrogens with zero attached hydrogens (tertiary/aromatic N) is 1. The Balaban J connectivity index is 2.14. The van der Waals surface area contributed by atoms with Crippen molar-refractivity contribution in [1.82, 2.24) is 10.3 Å². The van der Waals surface area contributed by atoms with Gasteiger partial charge in [-0.2, -0.15) is 0 Å². The lowest BCUT2D eigenvalue weighted by Crippen LogP contribution is -2.50. The van der Waals surface area contributed by atoms with E-state index in [1.165, 1.54) is 0 Å². The first-order chi connectivity index (χ1) is 6.27. The fourth-order valence-electron chi connectivity index (χ4n) is 1.10. The number of hydrogen-bond donors (Lipinski definition) is 1. The molecule has 1 saturated heterocycles. The van der Waals surface area contributed by atoms with Gasteiger partial charge in [0.25, 0.3) is 0 Å². The molecule has 0 spiro atoms. The van der Waals surface area contributed by atoms with Gasteiger partial charge < -0.3 is 10.1 Å². The summed E-state index contributed by atoms with van der Waals surface area (Å²) in [5.74, 6) is 0.700. The van der Waals surface area contributed by atoms with Crippen molar-refractivity contribution in [3.63, 3.8) is 0 Å². The zero-order valence-corrected chi connectivity index (χ0v) is 8.97. The number of ether oxygens (including phenoxy) is 1. The molecule has 0 amide bonds. The largest absolute Gasteiger partial charge is 0.471 e. The second kappa shape index (κ2) is 3.64. The van der Waals surface area contributed by atoms with E-state index in [0.29, 0.717) is 5.88 Å². The van der Waals surface area contributed by atoms with Crippen molar-refractivity contribution >= 4 is 15.9 Å². The Morgan fingerprint density at radius 3 is 3.00 bits per heavy atom. The minimum Gasteiger partial charge on any atom is -0.471 e. The molecule has 0 aromatic carbocycles. The molecular weight excluding hydrogens is 232 g/mol. The van der Waals surface area contributed by atoms with Crippen LogP contribution in [0.15, 0.2) is 16.7 Å². The second-order valence-electron chi connectivity index (χ2n) is 3.15. The Labute approximate surface area is 85.6 Å². The summed E-state index contributed by atoms with van der Waals surface area (Å²) in [4.78, 5) is 4.16. The molecule has 1 aromatic heterocycles. The van der Waals surface area contributed by atoms with Gasteiger partial charge in [0.05, 0.1) is 4.47 Å². The molecule has 0 aliphatic carbocycles. The number of nitrogens with one attached hydrogen (secondary N) is 1. The Hall–Kier alpha value is -0.610. The number of halogens is 1. The highest BCUT2D eigenvalue weighted by molar-refractivity contribution is 9.10. The number of rotatable bonds is 2. The highest BCUT2D eigenvalue weighted by Crippen LogP contribution is 2.26. The van der Waals surface area contributed by atoms with Crippen LogP contribution in [0.25, 0.3) is 0 Å². The molecular formula is C9H11BrN2O. The van der Waals surface area contributed by atoms with Crippen LogP contribution in [-0.2, 0) is 0 Å². The predicted molar refractivity (Wildman–Crippen MR) is 54.0 cm³/mol. The van der Waals surface area contributed by atoms with Crippen molar-refractivity contribution in [3.05, 3.63) is 22.3 Å². The third-order valence-corrected chi connectivity index (χ3v) is 3.04. The molecule has 0 saturated carbocycles. The fourth-order valence-corrected chi connectivity index (χ4v) is 1.43. The van der Waals surface area contributed by atoms with Crippen molar-refractivity contribution in [2.24, 2.45) is 0 Å². The molecule has 1 fully saturated rings. The molecule has 1 aliphatic rings. The first-order valence-electron chi connectivity index (χ1n) is 4.26.